The van der Waals surface area contributed by atoms with Crippen LogP contribution >= 0.6 is 11.8 Å². The molecule has 5 nitrogen and oxygen atoms in total. The van der Waals surface area contributed by atoms with Crippen molar-refractivity contribution in [1.29, 1.82) is 0 Å². The number of benzene rings is 3. The van der Waals surface area contributed by atoms with E-state index in [2.05, 4.69) is 46.6 Å². The van der Waals surface area contributed by atoms with Crippen LogP contribution in [0, 0.1) is 0 Å². The van der Waals surface area contributed by atoms with Gasteiger partial charge in [-0.3, -0.25) is 0 Å². The van der Waals surface area contributed by atoms with E-state index in [1.807, 2.05) is 30.3 Å². The fraction of sp³-hybridized carbons (Fsp3) is 0.0455. The second-order valence-corrected chi connectivity index (χ2v) is 7.39. The van der Waals surface area contributed by atoms with Crippen molar-refractivity contribution in [3.8, 4) is 28.3 Å². The van der Waals surface area contributed by atoms with E-state index in [4.69, 9.17) is 5.10 Å². The maximum absolute atomic E-state index is 9.51. The van der Waals surface area contributed by atoms with Crippen molar-refractivity contribution in [3.63, 3.8) is 0 Å². The van der Waals surface area contributed by atoms with Crippen molar-refractivity contribution in [2.75, 3.05) is 5.75 Å². The van der Waals surface area contributed by atoms with Gasteiger partial charge >= 0.3 is 0 Å². The Balaban J connectivity index is 1.49. The first-order chi connectivity index (χ1) is 13.8. The first kappa shape index (κ1) is 16.8. The Bertz CT molecular complexity index is 1150. The Labute approximate surface area is 166 Å². The molecule has 4 aromatic rings. The van der Waals surface area contributed by atoms with Gasteiger partial charge in [-0.15, -0.1) is 10.2 Å². The third kappa shape index (κ3) is 3.08. The van der Waals surface area contributed by atoms with Gasteiger partial charge in [0.2, 0.25) is 5.16 Å². The quantitative estimate of drug-likeness (QED) is 0.557. The van der Waals surface area contributed by atoms with Crippen LogP contribution in [0.25, 0.3) is 22.5 Å². The van der Waals surface area contributed by atoms with Crippen molar-refractivity contribution in [2.45, 2.75) is 5.16 Å². The average molecular weight is 384 g/mol. The highest BCUT2D eigenvalue weighted by Gasteiger charge is 2.20. The van der Waals surface area contributed by atoms with E-state index < -0.39 is 0 Å². The van der Waals surface area contributed by atoms with Crippen molar-refractivity contribution >= 4 is 17.5 Å². The smallest absolute Gasteiger partial charge is 0.212 e. The van der Waals surface area contributed by atoms with Gasteiger partial charge in [0.25, 0.3) is 0 Å². The van der Waals surface area contributed by atoms with E-state index in [1.165, 1.54) is 11.1 Å². The second-order valence-electron chi connectivity index (χ2n) is 6.44. The highest BCUT2D eigenvalue weighted by atomic mass is 32.2. The Morgan fingerprint density at radius 1 is 0.714 bits per heavy atom. The van der Waals surface area contributed by atoms with E-state index >= 15 is 0 Å². The summed E-state index contributed by atoms with van der Waals surface area (Å²) >= 11 is 1.62. The second kappa shape index (κ2) is 6.98. The largest absolute Gasteiger partial charge is 0.508 e. The van der Waals surface area contributed by atoms with Crippen molar-refractivity contribution < 1.29 is 5.11 Å². The molecule has 0 unspecified atom stereocenters. The lowest BCUT2D eigenvalue weighted by Gasteiger charge is -2.14. The Hall–Kier alpha value is -3.38. The fourth-order valence-corrected chi connectivity index (χ4v) is 3.98. The average Bonchev–Trinajstić information content (AvgIpc) is 3.18. The van der Waals surface area contributed by atoms with Crippen LogP contribution in [0.15, 0.2) is 89.1 Å². The van der Waals surface area contributed by atoms with Gasteiger partial charge in [0.15, 0.2) is 5.82 Å². The van der Waals surface area contributed by atoms with Gasteiger partial charge in [-0.05, 0) is 41.0 Å². The summed E-state index contributed by atoms with van der Waals surface area (Å²) in [6, 6.07) is 25.7. The zero-order chi connectivity index (χ0) is 18.9. The molecule has 0 spiro atoms. The lowest BCUT2D eigenvalue weighted by molar-refractivity contribution is 0.475. The molecule has 5 rings (SSSR count). The summed E-state index contributed by atoms with van der Waals surface area (Å²) in [6.07, 6.45) is 0. The summed E-state index contributed by atoms with van der Waals surface area (Å²) in [5.74, 6) is 1.64. The van der Waals surface area contributed by atoms with Crippen LogP contribution in [-0.4, -0.2) is 31.4 Å². The molecule has 0 amide bonds. The first-order valence-electron chi connectivity index (χ1n) is 8.89. The molecule has 28 heavy (non-hydrogen) atoms. The van der Waals surface area contributed by atoms with E-state index in [1.54, 1.807) is 28.6 Å². The number of phenols is 1. The van der Waals surface area contributed by atoms with Gasteiger partial charge in [0.05, 0.1) is 5.71 Å². The molecule has 1 N–H and O–H groups in total. The Morgan fingerprint density at radius 2 is 1.36 bits per heavy atom. The van der Waals surface area contributed by atoms with Crippen LogP contribution in [-0.2, 0) is 0 Å². The number of phenolic OH excluding ortho intramolecular Hbond substituents is 1. The van der Waals surface area contributed by atoms with Crippen LogP contribution in [0.4, 0.5) is 0 Å². The molecule has 6 heteroatoms. The lowest BCUT2D eigenvalue weighted by atomic mass is 10.0. The minimum Gasteiger partial charge on any atom is -0.508 e. The molecular weight excluding hydrogens is 368 g/mol. The van der Waals surface area contributed by atoms with Gasteiger partial charge in [0.1, 0.15) is 5.75 Å². The predicted octanol–water partition coefficient (Wildman–Crippen LogP) is 4.68. The number of rotatable bonds is 3. The summed E-state index contributed by atoms with van der Waals surface area (Å²) in [6.45, 7) is 0. The minimum atomic E-state index is 0.221. The van der Waals surface area contributed by atoms with Gasteiger partial charge in [-0.25, -0.2) is 0 Å². The maximum Gasteiger partial charge on any atom is 0.212 e. The van der Waals surface area contributed by atoms with Gasteiger partial charge in [-0.2, -0.15) is 9.78 Å². The normalized spacial score (nSPS) is 13.1. The summed E-state index contributed by atoms with van der Waals surface area (Å²) in [5.41, 5.74) is 5.31. The molecule has 0 fully saturated rings. The predicted molar refractivity (Wildman–Crippen MR) is 112 cm³/mol. The first-order valence-corrected chi connectivity index (χ1v) is 9.88. The molecule has 0 aliphatic carbocycles. The fourth-order valence-electron chi connectivity index (χ4n) is 3.15. The van der Waals surface area contributed by atoms with Crippen LogP contribution in [0.3, 0.4) is 0 Å². The van der Waals surface area contributed by atoms with E-state index in [0.29, 0.717) is 5.82 Å². The lowest BCUT2D eigenvalue weighted by Crippen LogP contribution is -2.13. The third-order valence-corrected chi connectivity index (χ3v) is 5.55. The Morgan fingerprint density at radius 3 is 2.11 bits per heavy atom. The van der Waals surface area contributed by atoms with Crippen LogP contribution in [0.1, 0.15) is 5.56 Å². The minimum absolute atomic E-state index is 0.221. The summed E-state index contributed by atoms with van der Waals surface area (Å²) in [4.78, 5) is 0. The molecule has 2 heterocycles. The molecule has 1 aliphatic heterocycles. The molecule has 136 valence electrons. The standard InChI is InChI=1S/C22H16N4OS/c27-19-12-10-18(11-13-19)21-23-24-22-26(21)25-20(14-28-22)17-8-6-16(7-9-17)15-4-2-1-3-5-15/h1-13,27H,14H2. The molecule has 0 saturated carbocycles. The van der Waals surface area contributed by atoms with Crippen molar-refractivity contribution in [2.24, 2.45) is 5.10 Å². The molecule has 1 aliphatic rings. The Kier molecular flexibility index (Phi) is 4.18. The van der Waals surface area contributed by atoms with Gasteiger partial charge < -0.3 is 5.11 Å². The number of aromatic nitrogens is 3. The number of thioether (sulfide) groups is 1. The SMILES string of the molecule is Oc1ccc(-c2nnc3n2N=C(c2ccc(-c4ccccc4)cc2)CS3)cc1. The number of fused-ring (bicyclic) bond motifs is 1. The van der Waals surface area contributed by atoms with E-state index in [-0.39, 0.29) is 5.75 Å². The van der Waals surface area contributed by atoms with Crippen molar-refractivity contribution in [1.82, 2.24) is 14.9 Å². The molecule has 1 aromatic heterocycles. The summed E-state index contributed by atoms with van der Waals surface area (Å²) in [5, 5.41) is 23.6. The van der Waals surface area contributed by atoms with Gasteiger partial charge in [0, 0.05) is 11.3 Å². The number of nitrogens with zero attached hydrogens (tertiary/aromatic N) is 4. The zero-order valence-electron chi connectivity index (χ0n) is 14.9. The summed E-state index contributed by atoms with van der Waals surface area (Å²) < 4.78 is 1.78. The molecule has 0 radical (unpaired) electrons. The van der Waals surface area contributed by atoms with Crippen LogP contribution in [0.2, 0.25) is 0 Å². The molecule has 3 aromatic carbocycles. The molecule has 0 bridgehead atoms. The van der Waals surface area contributed by atoms with E-state index in [0.717, 1.165) is 27.7 Å². The van der Waals surface area contributed by atoms with Crippen LogP contribution in [0.5, 0.6) is 5.75 Å². The number of aromatic hydroxyl groups is 1. The van der Waals surface area contributed by atoms with Crippen molar-refractivity contribution in [3.05, 3.63) is 84.4 Å². The van der Waals surface area contributed by atoms with Gasteiger partial charge in [-0.1, -0.05) is 66.4 Å². The summed E-state index contributed by atoms with van der Waals surface area (Å²) in [7, 11) is 0. The molecule has 0 atom stereocenters. The number of hydrogen-bond acceptors (Lipinski definition) is 5. The highest BCUT2D eigenvalue weighted by molar-refractivity contribution is 7.99. The molecular formula is C22H16N4OS. The topological polar surface area (TPSA) is 63.3 Å². The molecule has 0 saturated heterocycles. The maximum atomic E-state index is 9.51. The van der Waals surface area contributed by atoms with Crippen LogP contribution < -0.4 is 0 Å². The highest BCUT2D eigenvalue weighted by Crippen LogP contribution is 2.29. The number of hydrogen-bond donors (Lipinski definition) is 1. The zero-order valence-corrected chi connectivity index (χ0v) is 15.7. The monoisotopic (exact) mass is 384 g/mol. The van der Waals surface area contributed by atoms with E-state index in [9.17, 15) is 5.11 Å². The third-order valence-electron chi connectivity index (χ3n) is 4.62.